The van der Waals surface area contributed by atoms with E-state index in [9.17, 15) is 9.59 Å². The summed E-state index contributed by atoms with van der Waals surface area (Å²) >= 11 is 6.01. The van der Waals surface area contributed by atoms with Crippen molar-refractivity contribution in [2.24, 2.45) is 0 Å². The highest BCUT2D eigenvalue weighted by molar-refractivity contribution is 6.32. The molecule has 0 atom stereocenters. The molecule has 0 fully saturated rings. The molecular weight excluding hydrogens is 346 g/mol. The van der Waals surface area contributed by atoms with Gasteiger partial charge in [0.2, 0.25) is 0 Å². The van der Waals surface area contributed by atoms with Crippen molar-refractivity contribution >= 4 is 29.2 Å². The number of amides is 1. The van der Waals surface area contributed by atoms with Crippen LogP contribution >= 0.6 is 11.6 Å². The van der Waals surface area contributed by atoms with Crippen LogP contribution in [0.4, 0.5) is 5.69 Å². The van der Waals surface area contributed by atoms with Crippen LogP contribution in [0.5, 0.6) is 11.5 Å². The van der Waals surface area contributed by atoms with Gasteiger partial charge < -0.3 is 19.5 Å². The second kappa shape index (κ2) is 8.94. The molecule has 0 aliphatic carbocycles. The Morgan fingerprint density at radius 1 is 1.12 bits per heavy atom. The van der Waals surface area contributed by atoms with Crippen molar-refractivity contribution in [3.63, 3.8) is 0 Å². The van der Waals surface area contributed by atoms with E-state index in [1.807, 2.05) is 0 Å². The first-order chi connectivity index (χ1) is 12.0. The molecule has 0 heterocycles. The third-order valence-corrected chi connectivity index (χ3v) is 3.47. The summed E-state index contributed by atoms with van der Waals surface area (Å²) in [6.07, 6.45) is 0. The zero-order valence-electron chi connectivity index (χ0n) is 13.9. The molecule has 1 N–H and O–H groups in total. The van der Waals surface area contributed by atoms with Gasteiger partial charge in [0, 0.05) is 5.69 Å². The molecule has 2 rings (SSSR count). The average molecular weight is 364 g/mol. The van der Waals surface area contributed by atoms with E-state index < -0.39 is 5.97 Å². The van der Waals surface area contributed by atoms with Gasteiger partial charge in [0.1, 0.15) is 17.1 Å². The first kappa shape index (κ1) is 18.6. The number of hydrogen-bond acceptors (Lipinski definition) is 5. The van der Waals surface area contributed by atoms with Gasteiger partial charge in [-0.2, -0.15) is 0 Å². The van der Waals surface area contributed by atoms with Crippen molar-refractivity contribution in [2.75, 3.05) is 25.6 Å². The topological polar surface area (TPSA) is 73.9 Å². The Morgan fingerprint density at radius 3 is 2.56 bits per heavy atom. The van der Waals surface area contributed by atoms with Crippen LogP contribution in [0.15, 0.2) is 42.5 Å². The fraction of sp³-hybridized carbons (Fsp3) is 0.222. The highest BCUT2D eigenvalue weighted by Gasteiger charge is 2.14. The predicted octanol–water partition coefficient (Wildman–Crippen LogP) is 3.54. The molecular formula is C18H18ClNO5. The Morgan fingerprint density at radius 2 is 1.88 bits per heavy atom. The number of hydrogen-bond donors (Lipinski definition) is 1. The predicted molar refractivity (Wildman–Crippen MR) is 94.5 cm³/mol. The molecule has 132 valence electrons. The molecule has 0 radical (unpaired) electrons. The fourth-order valence-corrected chi connectivity index (χ4v) is 2.31. The first-order valence-corrected chi connectivity index (χ1v) is 7.95. The summed E-state index contributed by atoms with van der Waals surface area (Å²) in [5.41, 5.74) is 0.780. The maximum atomic E-state index is 12.0. The number of methoxy groups -OCH3 is 1. The molecule has 0 spiro atoms. The number of esters is 1. The Balaban J connectivity index is 1.98. The van der Waals surface area contributed by atoms with Crippen LogP contribution in [-0.2, 0) is 9.53 Å². The molecule has 2 aromatic carbocycles. The van der Waals surface area contributed by atoms with Gasteiger partial charge in [0.15, 0.2) is 6.61 Å². The lowest BCUT2D eigenvalue weighted by Crippen LogP contribution is -2.21. The Labute approximate surface area is 150 Å². The van der Waals surface area contributed by atoms with Crippen molar-refractivity contribution in [1.29, 1.82) is 0 Å². The quantitative estimate of drug-likeness (QED) is 0.761. The monoisotopic (exact) mass is 363 g/mol. The van der Waals surface area contributed by atoms with Crippen molar-refractivity contribution in [1.82, 2.24) is 0 Å². The number of halogens is 1. The van der Waals surface area contributed by atoms with Gasteiger partial charge in [-0.25, -0.2) is 4.79 Å². The van der Waals surface area contributed by atoms with Gasteiger partial charge >= 0.3 is 5.97 Å². The maximum Gasteiger partial charge on any atom is 0.341 e. The molecule has 0 aromatic heterocycles. The molecule has 0 bridgehead atoms. The number of carbonyl (C=O) groups is 2. The molecule has 25 heavy (non-hydrogen) atoms. The van der Waals surface area contributed by atoms with E-state index in [4.69, 9.17) is 25.8 Å². The third kappa shape index (κ3) is 5.12. The van der Waals surface area contributed by atoms with E-state index in [1.54, 1.807) is 49.4 Å². The minimum atomic E-state index is -0.500. The smallest absolute Gasteiger partial charge is 0.341 e. The van der Waals surface area contributed by atoms with Gasteiger partial charge in [-0.05, 0) is 37.3 Å². The van der Waals surface area contributed by atoms with E-state index in [0.29, 0.717) is 16.5 Å². The summed E-state index contributed by atoms with van der Waals surface area (Å²) in [6, 6.07) is 11.5. The Bertz CT molecular complexity index is 763. The lowest BCUT2D eigenvalue weighted by Gasteiger charge is -2.11. The average Bonchev–Trinajstić information content (AvgIpc) is 2.60. The third-order valence-electron chi connectivity index (χ3n) is 3.18. The zero-order chi connectivity index (χ0) is 18.2. The van der Waals surface area contributed by atoms with E-state index >= 15 is 0 Å². The number of benzene rings is 2. The normalized spacial score (nSPS) is 10.0. The number of ether oxygens (including phenoxy) is 3. The van der Waals surface area contributed by atoms with Crippen LogP contribution in [0, 0.1) is 0 Å². The molecule has 6 nitrogen and oxygen atoms in total. The van der Waals surface area contributed by atoms with Crippen LogP contribution in [0.3, 0.4) is 0 Å². The number of rotatable bonds is 7. The molecule has 7 heteroatoms. The summed E-state index contributed by atoms with van der Waals surface area (Å²) in [5, 5.41) is 3.04. The molecule has 0 aliphatic rings. The zero-order valence-corrected chi connectivity index (χ0v) is 14.6. The SMILES string of the molecule is CCOC(=O)c1ccccc1OCC(=O)Nc1ccc(OC)c(Cl)c1. The van der Waals surface area contributed by atoms with E-state index in [1.165, 1.54) is 7.11 Å². The van der Waals surface area contributed by atoms with Crippen molar-refractivity contribution < 1.29 is 23.8 Å². The van der Waals surface area contributed by atoms with E-state index in [2.05, 4.69) is 5.32 Å². The largest absolute Gasteiger partial charge is 0.495 e. The lowest BCUT2D eigenvalue weighted by molar-refractivity contribution is -0.118. The fourth-order valence-electron chi connectivity index (χ4n) is 2.05. The molecule has 2 aromatic rings. The van der Waals surface area contributed by atoms with Crippen molar-refractivity contribution in [2.45, 2.75) is 6.92 Å². The van der Waals surface area contributed by atoms with Crippen LogP contribution in [-0.4, -0.2) is 32.2 Å². The maximum absolute atomic E-state index is 12.0. The number of anilines is 1. The van der Waals surface area contributed by atoms with Gasteiger partial charge in [-0.3, -0.25) is 4.79 Å². The number of nitrogens with one attached hydrogen (secondary N) is 1. The standard InChI is InChI=1S/C18H18ClNO5/c1-3-24-18(22)13-6-4-5-7-15(13)25-11-17(21)20-12-8-9-16(23-2)14(19)10-12/h4-10H,3,11H2,1-2H3,(H,20,21). The lowest BCUT2D eigenvalue weighted by atomic mass is 10.2. The molecule has 0 saturated carbocycles. The first-order valence-electron chi connectivity index (χ1n) is 7.57. The summed E-state index contributed by atoms with van der Waals surface area (Å²) in [4.78, 5) is 23.9. The highest BCUT2D eigenvalue weighted by atomic mass is 35.5. The number of para-hydroxylation sites is 1. The van der Waals surface area contributed by atoms with Crippen LogP contribution < -0.4 is 14.8 Å². The van der Waals surface area contributed by atoms with Gasteiger partial charge in [0.05, 0.1) is 18.7 Å². The van der Waals surface area contributed by atoms with Gasteiger partial charge in [0.25, 0.3) is 5.91 Å². The highest BCUT2D eigenvalue weighted by Crippen LogP contribution is 2.27. The molecule has 0 saturated heterocycles. The van der Waals surface area contributed by atoms with Crippen LogP contribution in [0.25, 0.3) is 0 Å². The van der Waals surface area contributed by atoms with Gasteiger partial charge in [-0.15, -0.1) is 0 Å². The minimum absolute atomic E-state index is 0.256. The Kier molecular flexibility index (Phi) is 6.65. The summed E-state index contributed by atoms with van der Waals surface area (Å²) in [6.45, 7) is 1.71. The summed E-state index contributed by atoms with van der Waals surface area (Å²) < 4.78 is 15.5. The second-order valence-corrected chi connectivity index (χ2v) is 5.31. The van der Waals surface area contributed by atoms with E-state index in [-0.39, 0.29) is 30.4 Å². The second-order valence-electron chi connectivity index (χ2n) is 4.90. The van der Waals surface area contributed by atoms with Crippen LogP contribution in [0.1, 0.15) is 17.3 Å². The van der Waals surface area contributed by atoms with Crippen molar-refractivity contribution in [3.05, 3.63) is 53.1 Å². The van der Waals surface area contributed by atoms with Crippen LogP contribution in [0.2, 0.25) is 5.02 Å². The number of carbonyl (C=O) groups excluding carboxylic acids is 2. The molecule has 1 amide bonds. The molecule has 0 unspecified atom stereocenters. The summed E-state index contributed by atoms with van der Waals surface area (Å²) in [5.74, 6) is -0.0940. The molecule has 0 aliphatic heterocycles. The van der Waals surface area contributed by atoms with E-state index in [0.717, 1.165) is 0 Å². The van der Waals surface area contributed by atoms with Crippen molar-refractivity contribution in [3.8, 4) is 11.5 Å². The summed E-state index contributed by atoms with van der Waals surface area (Å²) in [7, 11) is 1.51. The minimum Gasteiger partial charge on any atom is -0.495 e. The Hall–Kier alpha value is -2.73. The van der Waals surface area contributed by atoms with Gasteiger partial charge in [-0.1, -0.05) is 23.7 Å².